The molecule has 1 saturated heterocycles. The summed E-state index contributed by atoms with van der Waals surface area (Å²) in [5.74, 6) is -1.56. The van der Waals surface area contributed by atoms with Crippen LogP contribution in [0, 0.1) is 12.7 Å². The van der Waals surface area contributed by atoms with Crippen LogP contribution in [-0.4, -0.2) is 35.6 Å². The number of hydrogen-bond donors (Lipinski definition) is 1. The van der Waals surface area contributed by atoms with Crippen LogP contribution in [0.15, 0.2) is 18.2 Å². The van der Waals surface area contributed by atoms with Crippen LogP contribution in [0.25, 0.3) is 0 Å². The van der Waals surface area contributed by atoms with Crippen molar-refractivity contribution in [2.24, 2.45) is 5.73 Å². The topological polar surface area (TPSA) is 46.3 Å². The molecular weight excluding hydrogens is 300 g/mol. The molecule has 0 radical (unpaired) electrons. The molecule has 2 rings (SSSR count). The number of halogens is 4. The normalized spacial score (nSPS) is 26.4. The van der Waals surface area contributed by atoms with Gasteiger partial charge in [-0.15, -0.1) is 0 Å². The molecule has 22 heavy (non-hydrogen) atoms. The van der Waals surface area contributed by atoms with Crippen LogP contribution in [0.1, 0.15) is 30.4 Å². The first-order valence-corrected chi connectivity index (χ1v) is 6.99. The quantitative estimate of drug-likeness (QED) is 0.852. The summed E-state index contributed by atoms with van der Waals surface area (Å²) in [6.45, 7) is 1.78. The van der Waals surface area contributed by atoms with Gasteiger partial charge in [-0.05, 0) is 37.5 Å². The number of hydrogen-bond acceptors (Lipinski definition) is 2. The number of carbonyl (C=O) groups is 1. The molecule has 0 aliphatic carbocycles. The number of likely N-dealkylation sites (tertiary alicyclic amines) is 1. The maximum Gasteiger partial charge on any atom is 0.406 e. The van der Waals surface area contributed by atoms with Crippen molar-refractivity contribution in [3.05, 3.63) is 35.1 Å². The molecule has 1 aliphatic heterocycles. The fourth-order valence-corrected chi connectivity index (χ4v) is 3.03. The largest absolute Gasteiger partial charge is 0.406 e. The van der Waals surface area contributed by atoms with Gasteiger partial charge in [0.15, 0.2) is 0 Å². The van der Waals surface area contributed by atoms with Crippen LogP contribution in [0.5, 0.6) is 0 Å². The number of benzene rings is 1. The van der Waals surface area contributed by atoms with Crippen molar-refractivity contribution < 1.29 is 22.4 Å². The second-order valence-corrected chi connectivity index (χ2v) is 5.72. The van der Waals surface area contributed by atoms with Crippen LogP contribution >= 0.6 is 0 Å². The van der Waals surface area contributed by atoms with Gasteiger partial charge in [-0.25, -0.2) is 4.39 Å². The van der Waals surface area contributed by atoms with Crippen molar-refractivity contribution in [2.45, 2.75) is 44.4 Å². The monoisotopic (exact) mass is 318 g/mol. The van der Waals surface area contributed by atoms with Gasteiger partial charge in [0.1, 0.15) is 12.4 Å². The summed E-state index contributed by atoms with van der Waals surface area (Å²) in [5.41, 5.74) is 6.70. The molecule has 0 saturated carbocycles. The van der Waals surface area contributed by atoms with E-state index in [2.05, 4.69) is 0 Å². The highest BCUT2D eigenvalue weighted by Crippen LogP contribution is 2.36. The summed E-state index contributed by atoms with van der Waals surface area (Å²) in [4.78, 5) is 12.7. The fourth-order valence-electron chi connectivity index (χ4n) is 3.03. The molecule has 1 aromatic carbocycles. The van der Waals surface area contributed by atoms with E-state index in [9.17, 15) is 22.4 Å². The molecule has 1 amide bonds. The van der Waals surface area contributed by atoms with Gasteiger partial charge in [0.25, 0.3) is 0 Å². The minimum atomic E-state index is -4.50. The Morgan fingerprint density at radius 1 is 1.36 bits per heavy atom. The molecule has 1 aliphatic rings. The average Bonchev–Trinajstić information content (AvgIpc) is 2.41. The lowest BCUT2D eigenvalue weighted by molar-refractivity contribution is -0.170. The molecule has 0 aromatic heterocycles. The van der Waals surface area contributed by atoms with E-state index in [1.807, 2.05) is 0 Å². The highest BCUT2D eigenvalue weighted by Gasteiger charge is 2.43. The van der Waals surface area contributed by atoms with E-state index in [4.69, 9.17) is 5.73 Å². The van der Waals surface area contributed by atoms with Crippen molar-refractivity contribution in [1.29, 1.82) is 0 Å². The number of alkyl halides is 3. The van der Waals surface area contributed by atoms with Crippen LogP contribution in [-0.2, 0) is 4.79 Å². The minimum absolute atomic E-state index is 0.207. The molecule has 7 heteroatoms. The molecular formula is C15H18F4N2O. The van der Waals surface area contributed by atoms with E-state index in [0.29, 0.717) is 11.1 Å². The Kier molecular flexibility index (Phi) is 4.47. The molecule has 122 valence electrons. The Balaban J connectivity index is 2.37. The van der Waals surface area contributed by atoms with E-state index in [1.54, 1.807) is 19.9 Å². The van der Waals surface area contributed by atoms with Gasteiger partial charge in [-0.3, -0.25) is 4.79 Å². The average molecular weight is 318 g/mol. The maximum atomic E-state index is 13.7. The zero-order chi connectivity index (χ0) is 16.7. The third-order valence-electron chi connectivity index (χ3n) is 4.24. The smallest absolute Gasteiger partial charge is 0.329 e. The van der Waals surface area contributed by atoms with Crippen LogP contribution in [0.2, 0.25) is 0 Å². The van der Waals surface area contributed by atoms with Gasteiger partial charge >= 0.3 is 6.18 Å². The zero-order valence-electron chi connectivity index (χ0n) is 12.3. The zero-order valence-corrected chi connectivity index (χ0v) is 12.3. The lowest BCUT2D eigenvalue weighted by atomic mass is 9.80. The number of nitrogens with two attached hydrogens (primary N) is 1. The molecule has 1 heterocycles. The number of carbonyl (C=O) groups excluding carboxylic acids is 1. The standard InChI is InChI=1S/C15H18F4N2O/c1-8-10(4-3-5-12(8)16)11-6-13(20)14(22)21(9(11)2)7-15(17,18)19/h3-5,9,11,13H,6-7,20H2,1-2H3/t9-,11-,13+/m1/s1. The maximum absolute atomic E-state index is 13.7. The molecule has 2 N–H and O–H groups in total. The van der Waals surface area contributed by atoms with Crippen molar-refractivity contribution in [3.63, 3.8) is 0 Å². The molecule has 1 aromatic rings. The predicted molar refractivity (Wildman–Crippen MR) is 73.7 cm³/mol. The summed E-state index contributed by atoms with van der Waals surface area (Å²) >= 11 is 0. The lowest BCUT2D eigenvalue weighted by Gasteiger charge is -2.42. The van der Waals surface area contributed by atoms with Gasteiger partial charge in [0, 0.05) is 12.0 Å². The first-order valence-electron chi connectivity index (χ1n) is 6.99. The van der Waals surface area contributed by atoms with Crippen LogP contribution < -0.4 is 5.73 Å². The van der Waals surface area contributed by atoms with Gasteiger partial charge in [0.2, 0.25) is 5.91 Å². The van der Waals surface area contributed by atoms with Crippen molar-refractivity contribution in [2.75, 3.05) is 6.54 Å². The molecule has 3 atom stereocenters. The van der Waals surface area contributed by atoms with Gasteiger partial charge < -0.3 is 10.6 Å². The highest BCUT2D eigenvalue weighted by molar-refractivity contribution is 5.83. The number of amides is 1. The third kappa shape index (κ3) is 3.24. The minimum Gasteiger partial charge on any atom is -0.329 e. The molecule has 0 unspecified atom stereocenters. The van der Waals surface area contributed by atoms with Crippen LogP contribution in [0.3, 0.4) is 0 Å². The molecule has 3 nitrogen and oxygen atoms in total. The van der Waals surface area contributed by atoms with Gasteiger partial charge in [-0.1, -0.05) is 12.1 Å². The van der Waals surface area contributed by atoms with E-state index in [-0.39, 0.29) is 6.42 Å². The summed E-state index contributed by atoms with van der Waals surface area (Å²) in [6, 6.07) is 2.78. The molecule has 0 bridgehead atoms. The lowest BCUT2D eigenvalue weighted by Crippen LogP contribution is -2.57. The first kappa shape index (κ1) is 16.7. The van der Waals surface area contributed by atoms with Gasteiger partial charge in [-0.2, -0.15) is 13.2 Å². The summed E-state index contributed by atoms with van der Waals surface area (Å²) in [5, 5.41) is 0. The van der Waals surface area contributed by atoms with Crippen LogP contribution in [0.4, 0.5) is 17.6 Å². The number of rotatable bonds is 2. The Labute approximate surface area is 126 Å². The van der Waals surface area contributed by atoms with Crippen molar-refractivity contribution >= 4 is 5.91 Å². The Hall–Kier alpha value is -1.63. The SMILES string of the molecule is Cc1c(F)cccc1[C@@H]1C[C@H](N)C(=O)N(CC(F)(F)F)[C@@H]1C. The Morgan fingerprint density at radius 2 is 2.00 bits per heavy atom. The number of piperidine rings is 1. The second kappa shape index (κ2) is 5.87. The highest BCUT2D eigenvalue weighted by atomic mass is 19.4. The van der Waals surface area contributed by atoms with Gasteiger partial charge in [0.05, 0.1) is 6.04 Å². The van der Waals surface area contributed by atoms with Crippen molar-refractivity contribution in [1.82, 2.24) is 4.90 Å². The van der Waals surface area contributed by atoms with E-state index >= 15 is 0 Å². The molecule has 1 fully saturated rings. The number of nitrogens with zero attached hydrogens (tertiary/aromatic N) is 1. The fraction of sp³-hybridized carbons (Fsp3) is 0.533. The van der Waals surface area contributed by atoms with Crippen molar-refractivity contribution in [3.8, 4) is 0 Å². The van der Waals surface area contributed by atoms with E-state index < -0.39 is 42.4 Å². The van der Waals surface area contributed by atoms with E-state index in [1.165, 1.54) is 12.1 Å². The first-order chi connectivity index (χ1) is 10.1. The second-order valence-electron chi connectivity index (χ2n) is 5.72. The summed E-state index contributed by atoms with van der Waals surface area (Å²) in [7, 11) is 0. The van der Waals surface area contributed by atoms with E-state index in [0.717, 1.165) is 4.90 Å². The third-order valence-corrected chi connectivity index (χ3v) is 4.24. The molecule has 0 spiro atoms. The summed E-state index contributed by atoms with van der Waals surface area (Å²) in [6.07, 6.45) is -4.29. The predicted octanol–water partition coefficient (Wildman–Crippen LogP) is 2.73. The Morgan fingerprint density at radius 3 is 2.59 bits per heavy atom. The Bertz CT molecular complexity index is 573. The summed E-state index contributed by atoms with van der Waals surface area (Å²) < 4.78 is 51.8.